The number of hydrogen-bond donors (Lipinski definition) is 2. The monoisotopic (exact) mass is 397 g/mol. The van der Waals surface area contributed by atoms with Crippen molar-refractivity contribution >= 4 is 40.9 Å². The van der Waals surface area contributed by atoms with Gasteiger partial charge in [-0.1, -0.05) is 24.3 Å². The molecule has 2 heterocycles. The van der Waals surface area contributed by atoms with E-state index in [4.69, 9.17) is 4.74 Å². The van der Waals surface area contributed by atoms with Gasteiger partial charge in [-0.05, 0) is 24.3 Å². The summed E-state index contributed by atoms with van der Waals surface area (Å²) < 4.78 is 5.73. The number of carbonyl (C=O) groups excluding carboxylic acids is 3. The third-order valence-electron chi connectivity index (χ3n) is 4.68. The number of rotatable bonds is 3. The zero-order chi connectivity index (χ0) is 19.7. The lowest BCUT2D eigenvalue weighted by molar-refractivity contribution is -0.128. The molecule has 144 valence electrons. The van der Waals surface area contributed by atoms with Crippen molar-refractivity contribution in [3.05, 3.63) is 48.5 Å². The SMILES string of the molecule is CNC(=O)[C@@H]1CN(C(=O)C[C@@H]2Sc3ccccc3NC2=O)c2ccccc2O1. The highest BCUT2D eigenvalue weighted by atomic mass is 32.2. The number of hydrogen-bond acceptors (Lipinski definition) is 5. The predicted octanol–water partition coefficient (Wildman–Crippen LogP) is 2.03. The van der Waals surface area contributed by atoms with E-state index in [1.165, 1.54) is 23.7 Å². The van der Waals surface area contributed by atoms with Crippen LogP contribution in [0.5, 0.6) is 5.75 Å². The van der Waals surface area contributed by atoms with Crippen LogP contribution in [0.25, 0.3) is 0 Å². The number of anilines is 2. The molecule has 2 aliphatic rings. The summed E-state index contributed by atoms with van der Waals surface area (Å²) >= 11 is 1.38. The van der Waals surface area contributed by atoms with Gasteiger partial charge in [-0.15, -0.1) is 11.8 Å². The van der Waals surface area contributed by atoms with Gasteiger partial charge in [0.25, 0.3) is 5.91 Å². The van der Waals surface area contributed by atoms with Crippen LogP contribution in [0.15, 0.2) is 53.4 Å². The number of amides is 3. The lowest BCUT2D eigenvalue weighted by Gasteiger charge is -2.35. The van der Waals surface area contributed by atoms with Gasteiger partial charge in [0, 0.05) is 18.4 Å². The Balaban J connectivity index is 1.55. The van der Waals surface area contributed by atoms with E-state index in [0.717, 1.165) is 10.6 Å². The summed E-state index contributed by atoms with van der Waals surface area (Å²) in [6.07, 6.45) is -0.767. The second-order valence-corrected chi connectivity index (χ2v) is 7.73. The van der Waals surface area contributed by atoms with Crippen LogP contribution in [0.3, 0.4) is 0 Å². The number of thioether (sulfide) groups is 1. The quantitative estimate of drug-likeness (QED) is 0.828. The van der Waals surface area contributed by atoms with Crippen LogP contribution >= 0.6 is 11.8 Å². The average molecular weight is 397 g/mol. The lowest BCUT2D eigenvalue weighted by atomic mass is 10.1. The molecule has 2 aromatic rings. The van der Waals surface area contributed by atoms with Gasteiger partial charge >= 0.3 is 0 Å². The van der Waals surface area contributed by atoms with Crippen molar-refractivity contribution in [2.75, 3.05) is 23.8 Å². The fourth-order valence-electron chi connectivity index (χ4n) is 3.26. The maximum atomic E-state index is 13.1. The molecule has 3 amide bonds. The Morgan fingerprint density at radius 2 is 1.96 bits per heavy atom. The van der Waals surface area contributed by atoms with Crippen LogP contribution in [0.4, 0.5) is 11.4 Å². The largest absolute Gasteiger partial charge is 0.477 e. The Hall–Kier alpha value is -3.00. The number of nitrogens with zero attached hydrogens (tertiary/aromatic N) is 1. The van der Waals surface area contributed by atoms with Gasteiger partial charge in [0.15, 0.2) is 6.10 Å². The van der Waals surface area contributed by atoms with Crippen molar-refractivity contribution in [2.24, 2.45) is 0 Å². The molecule has 0 bridgehead atoms. The summed E-state index contributed by atoms with van der Waals surface area (Å²) in [5.74, 6) is -0.245. The number of ether oxygens (including phenoxy) is 1. The summed E-state index contributed by atoms with van der Waals surface area (Å²) in [6, 6.07) is 14.6. The number of para-hydroxylation sites is 3. The van der Waals surface area contributed by atoms with Crippen LogP contribution in [0.2, 0.25) is 0 Å². The Morgan fingerprint density at radius 3 is 2.79 bits per heavy atom. The Morgan fingerprint density at radius 1 is 1.21 bits per heavy atom. The summed E-state index contributed by atoms with van der Waals surface area (Å²) in [6.45, 7) is 0.102. The van der Waals surface area contributed by atoms with Gasteiger partial charge in [-0.25, -0.2) is 0 Å². The molecule has 28 heavy (non-hydrogen) atoms. The minimum atomic E-state index is -0.794. The number of benzene rings is 2. The Kier molecular flexibility index (Phi) is 4.95. The van der Waals surface area contributed by atoms with Gasteiger partial charge in [-0.2, -0.15) is 0 Å². The smallest absolute Gasteiger partial charge is 0.262 e. The minimum absolute atomic E-state index is 0.0274. The van der Waals surface area contributed by atoms with Crippen molar-refractivity contribution in [1.29, 1.82) is 0 Å². The van der Waals surface area contributed by atoms with Gasteiger partial charge in [0.1, 0.15) is 5.75 Å². The molecule has 0 saturated heterocycles. The number of carbonyl (C=O) groups is 3. The molecule has 2 aliphatic heterocycles. The van der Waals surface area contributed by atoms with E-state index in [9.17, 15) is 14.4 Å². The first kappa shape index (κ1) is 18.4. The van der Waals surface area contributed by atoms with E-state index in [0.29, 0.717) is 11.4 Å². The molecule has 0 aromatic heterocycles. The van der Waals surface area contributed by atoms with Crippen LogP contribution in [-0.4, -0.2) is 42.7 Å². The number of fused-ring (bicyclic) bond motifs is 2. The van der Waals surface area contributed by atoms with E-state index in [2.05, 4.69) is 10.6 Å². The number of nitrogens with one attached hydrogen (secondary N) is 2. The molecule has 7 nitrogen and oxygen atoms in total. The van der Waals surface area contributed by atoms with Gasteiger partial charge in [0.2, 0.25) is 11.8 Å². The molecule has 0 aliphatic carbocycles. The normalized spacial score (nSPS) is 20.3. The molecule has 0 spiro atoms. The van der Waals surface area contributed by atoms with Crippen molar-refractivity contribution in [3.8, 4) is 5.75 Å². The summed E-state index contributed by atoms with van der Waals surface area (Å²) in [5.41, 5.74) is 1.37. The molecule has 2 atom stereocenters. The Bertz CT molecular complexity index is 949. The first-order valence-electron chi connectivity index (χ1n) is 8.91. The zero-order valence-electron chi connectivity index (χ0n) is 15.2. The summed E-state index contributed by atoms with van der Waals surface area (Å²) in [5, 5.41) is 4.88. The maximum absolute atomic E-state index is 13.1. The van der Waals surface area contributed by atoms with E-state index < -0.39 is 11.4 Å². The highest BCUT2D eigenvalue weighted by molar-refractivity contribution is 8.01. The fourth-order valence-corrected chi connectivity index (χ4v) is 4.37. The van der Waals surface area contributed by atoms with Crippen molar-refractivity contribution in [1.82, 2.24) is 5.32 Å². The fraction of sp³-hybridized carbons (Fsp3) is 0.250. The molecule has 0 unspecified atom stereocenters. The van der Waals surface area contributed by atoms with Crippen molar-refractivity contribution < 1.29 is 19.1 Å². The predicted molar refractivity (Wildman–Crippen MR) is 107 cm³/mol. The van der Waals surface area contributed by atoms with E-state index in [1.54, 1.807) is 24.3 Å². The molecule has 2 N–H and O–H groups in total. The van der Waals surface area contributed by atoms with E-state index in [1.807, 2.05) is 24.3 Å². The van der Waals surface area contributed by atoms with Crippen molar-refractivity contribution in [3.63, 3.8) is 0 Å². The molecule has 4 rings (SSSR count). The molecular weight excluding hydrogens is 378 g/mol. The first-order chi connectivity index (χ1) is 13.6. The Labute approximate surface area is 166 Å². The highest BCUT2D eigenvalue weighted by Gasteiger charge is 2.36. The van der Waals surface area contributed by atoms with Gasteiger partial charge in [-0.3, -0.25) is 14.4 Å². The number of likely N-dealkylation sites (N-methyl/N-ethyl adjacent to an activating group) is 1. The average Bonchev–Trinajstić information content (AvgIpc) is 2.72. The van der Waals surface area contributed by atoms with Crippen LogP contribution in [-0.2, 0) is 14.4 Å². The molecule has 0 fully saturated rings. The third kappa shape index (κ3) is 3.43. The van der Waals surface area contributed by atoms with Crippen LogP contribution in [0.1, 0.15) is 6.42 Å². The van der Waals surface area contributed by atoms with Crippen LogP contribution in [0, 0.1) is 0 Å². The van der Waals surface area contributed by atoms with Crippen molar-refractivity contribution in [2.45, 2.75) is 22.7 Å². The molecule has 0 radical (unpaired) electrons. The molecule has 2 aromatic carbocycles. The van der Waals surface area contributed by atoms with E-state index >= 15 is 0 Å². The van der Waals surface area contributed by atoms with Gasteiger partial charge < -0.3 is 20.3 Å². The second kappa shape index (κ2) is 7.55. The van der Waals surface area contributed by atoms with E-state index in [-0.39, 0.29) is 30.7 Å². The topological polar surface area (TPSA) is 87.7 Å². The zero-order valence-corrected chi connectivity index (χ0v) is 16.0. The maximum Gasteiger partial charge on any atom is 0.262 e. The first-order valence-corrected chi connectivity index (χ1v) is 9.79. The second-order valence-electron chi connectivity index (χ2n) is 6.49. The standard InChI is InChI=1S/C20H19N3O4S/c1-21-19(25)15-11-23(13-7-3-4-8-14(13)27-15)18(24)10-17-20(26)22-12-6-2-5-9-16(12)28-17/h2-9,15,17H,10-11H2,1H3,(H,21,25)(H,22,26)/t15-,17-/m0/s1. The molecule has 0 saturated carbocycles. The summed E-state index contributed by atoms with van der Waals surface area (Å²) in [4.78, 5) is 40.1. The lowest BCUT2D eigenvalue weighted by Crippen LogP contribution is -2.50. The van der Waals surface area contributed by atoms with Gasteiger partial charge in [0.05, 0.1) is 23.2 Å². The summed E-state index contributed by atoms with van der Waals surface area (Å²) in [7, 11) is 1.53. The molecule has 8 heteroatoms. The van der Waals surface area contributed by atoms with Crippen LogP contribution < -0.4 is 20.3 Å². The minimum Gasteiger partial charge on any atom is -0.477 e. The third-order valence-corrected chi connectivity index (χ3v) is 5.96. The molecular formula is C20H19N3O4S. The highest BCUT2D eigenvalue weighted by Crippen LogP contribution is 2.38.